The number of H-pyrrole nitrogens is 2. The summed E-state index contributed by atoms with van der Waals surface area (Å²) in [6.07, 6.45) is 4.69. The highest BCUT2D eigenvalue weighted by atomic mass is 32.1. The number of rotatable bonds is 6. The number of aromatic amines is 2. The maximum Gasteiger partial charge on any atom is 0.276 e. The minimum atomic E-state index is -0.427. The van der Waals surface area contributed by atoms with Crippen molar-refractivity contribution in [3.05, 3.63) is 87.2 Å². The van der Waals surface area contributed by atoms with Gasteiger partial charge in [0.05, 0.1) is 16.2 Å². The van der Waals surface area contributed by atoms with Gasteiger partial charge < -0.3 is 0 Å². The van der Waals surface area contributed by atoms with E-state index in [-0.39, 0.29) is 5.69 Å². The fourth-order valence-corrected chi connectivity index (χ4v) is 2.99. The molecule has 0 atom stereocenters. The minimum absolute atomic E-state index is 0.0219. The summed E-state index contributed by atoms with van der Waals surface area (Å²) in [5.74, 6) is 0.463. The van der Waals surface area contributed by atoms with Crippen LogP contribution in [0, 0.1) is 14.9 Å². The Hall–Kier alpha value is -4.18. The summed E-state index contributed by atoms with van der Waals surface area (Å²) in [6.45, 7) is 0. The van der Waals surface area contributed by atoms with Crippen molar-refractivity contribution in [2.24, 2.45) is 5.10 Å². The van der Waals surface area contributed by atoms with Crippen LogP contribution in [-0.4, -0.2) is 36.2 Å². The molecule has 0 fully saturated rings. The molecule has 0 saturated carbocycles. The Balaban J connectivity index is 1.59. The van der Waals surface area contributed by atoms with Crippen molar-refractivity contribution in [2.45, 2.75) is 0 Å². The predicted octanol–water partition coefficient (Wildman–Crippen LogP) is 4.45. The van der Waals surface area contributed by atoms with Gasteiger partial charge in [0, 0.05) is 17.8 Å². The van der Waals surface area contributed by atoms with E-state index in [1.54, 1.807) is 30.4 Å². The van der Waals surface area contributed by atoms with E-state index < -0.39 is 4.92 Å². The average Bonchev–Trinajstić information content (AvgIpc) is 3.39. The topological polar surface area (TPSA) is 118 Å². The van der Waals surface area contributed by atoms with Crippen molar-refractivity contribution < 1.29 is 4.92 Å². The summed E-state index contributed by atoms with van der Waals surface area (Å²) in [4.78, 5) is 10.7. The van der Waals surface area contributed by atoms with Gasteiger partial charge in [-0.3, -0.25) is 15.2 Å². The number of nitrogens with one attached hydrogen (secondary N) is 2. The third-order valence-corrected chi connectivity index (χ3v) is 4.48. The maximum atomic E-state index is 11.1. The van der Waals surface area contributed by atoms with Crippen molar-refractivity contribution in [1.82, 2.24) is 25.1 Å². The van der Waals surface area contributed by atoms with Gasteiger partial charge in [-0.1, -0.05) is 42.5 Å². The quantitative estimate of drug-likeness (QED) is 0.208. The molecule has 0 aliphatic rings. The molecule has 10 heteroatoms. The Kier molecular flexibility index (Phi) is 5.39. The van der Waals surface area contributed by atoms with Gasteiger partial charge in [0.15, 0.2) is 0 Å². The van der Waals surface area contributed by atoms with Crippen LogP contribution in [0.25, 0.3) is 28.9 Å². The molecule has 0 saturated heterocycles. The lowest BCUT2D eigenvalue weighted by atomic mass is 10.1. The van der Waals surface area contributed by atoms with Crippen LogP contribution in [0.2, 0.25) is 0 Å². The highest BCUT2D eigenvalue weighted by molar-refractivity contribution is 7.71. The van der Waals surface area contributed by atoms with Crippen LogP contribution in [0.4, 0.5) is 5.69 Å². The maximum absolute atomic E-state index is 11.1. The smallest absolute Gasteiger partial charge is 0.274 e. The van der Waals surface area contributed by atoms with Crippen LogP contribution in [0.5, 0.6) is 0 Å². The number of nitro groups is 1. The molecule has 0 amide bonds. The highest BCUT2D eigenvalue weighted by Crippen LogP contribution is 2.22. The molecular formula is C20H15N7O2S. The van der Waals surface area contributed by atoms with Gasteiger partial charge >= 0.3 is 0 Å². The van der Waals surface area contributed by atoms with E-state index in [0.717, 1.165) is 11.3 Å². The van der Waals surface area contributed by atoms with Gasteiger partial charge in [-0.15, -0.1) is 0 Å². The first-order chi connectivity index (χ1) is 14.6. The first kappa shape index (κ1) is 19.2. The molecule has 0 aliphatic heterocycles. The van der Waals surface area contributed by atoms with Crippen molar-refractivity contribution in [1.29, 1.82) is 0 Å². The number of allylic oxidation sites excluding steroid dienone is 1. The van der Waals surface area contributed by atoms with Gasteiger partial charge in [-0.05, 0) is 36.5 Å². The number of benzene rings is 2. The molecule has 0 radical (unpaired) electrons. The predicted molar refractivity (Wildman–Crippen MR) is 116 cm³/mol. The van der Waals surface area contributed by atoms with Crippen LogP contribution >= 0.6 is 12.2 Å². The lowest BCUT2D eigenvalue weighted by Crippen LogP contribution is -1.94. The molecule has 2 aromatic heterocycles. The second-order valence-corrected chi connectivity index (χ2v) is 6.52. The molecule has 2 N–H and O–H groups in total. The Bertz CT molecular complexity index is 1300. The fourth-order valence-electron chi connectivity index (χ4n) is 2.81. The van der Waals surface area contributed by atoms with Crippen molar-refractivity contribution in [3.63, 3.8) is 0 Å². The lowest BCUT2D eigenvalue weighted by molar-refractivity contribution is -0.385. The zero-order chi connectivity index (χ0) is 20.9. The van der Waals surface area contributed by atoms with Crippen LogP contribution in [-0.2, 0) is 0 Å². The monoisotopic (exact) mass is 417 g/mol. The van der Waals surface area contributed by atoms with Gasteiger partial charge in [0.25, 0.3) is 5.69 Å². The average molecular weight is 417 g/mol. The normalized spacial score (nSPS) is 11.5. The molecule has 4 rings (SSSR count). The van der Waals surface area contributed by atoms with Gasteiger partial charge in [-0.25, -0.2) is 5.10 Å². The summed E-state index contributed by atoms with van der Waals surface area (Å²) in [6, 6.07) is 18.1. The number of nitro benzene ring substituents is 1. The lowest BCUT2D eigenvalue weighted by Gasteiger charge is -1.97. The number of hydrogen-bond donors (Lipinski definition) is 2. The third kappa shape index (κ3) is 3.98. The van der Waals surface area contributed by atoms with E-state index in [1.807, 2.05) is 36.4 Å². The first-order valence-electron chi connectivity index (χ1n) is 8.86. The molecule has 148 valence electrons. The first-order valence-corrected chi connectivity index (χ1v) is 9.27. The second-order valence-electron chi connectivity index (χ2n) is 6.14. The Labute approximate surface area is 175 Å². The number of para-hydroxylation sites is 1. The Morgan fingerprint density at radius 3 is 2.63 bits per heavy atom. The number of hydrogen-bond acceptors (Lipinski definition) is 6. The Morgan fingerprint density at radius 2 is 1.83 bits per heavy atom. The van der Waals surface area contributed by atoms with E-state index in [1.165, 1.54) is 17.0 Å². The number of aromatic nitrogens is 5. The molecule has 0 unspecified atom stereocenters. The van der Waals surface area contributed by atoms with Gasteiger partial charge in [-0.2, -0.15) is 20.0 Å². The van der Waals surface area contributed by atoms with Crippen molar-refractivity contribution >= 4 is 30.2 Å². The van der Waals surface area contributed by atoms with Crippen LogP contribution in [0.15, 0.2) is 71.8 Å². The summed E-state index contributed by atoms with van der Waals surface area (Å²) in [5.41, 5.74) is 2.88. The van der Waals surface area contributed by atoms with Crippen LogP contribution in [0.3, 0.4) is 0 Å². The molecule has 2 aromatic carbocycles. The molecule has 9 nitrogen and oxygen atoms in total. The zero-order valence-electron chi connectivity index (χ0n) is 15.5. The molecule has 4 aromatic rings. The van der Waals surface area contributed by atoms with Gasteiger partial charge in [0.1, 0.15) is 5.69 Å². The van der Waals surface area contributed by atoms with E-state index in [4.69, 9.17) is 12.2 Å². The van der Waals surface area contributed by atoms with Crippen molar-refractivity contribution in [2.75, 3.05) is 0 Å². The summed E-state index contributed by atoms with van der Waals surface area (Å²) in [7, 11) is 0. The minimum Gasteiger partial charge on any atom is -0.274 e. The standard InChI is InChI=1S/C20H15N7O2S/c28-27(29)18-11-5-4-9-15(18)10-6-12-21-26-19(24-25-20(26)30)17-13-16(22-23-17)14-7-2-1-3-8-14/h1-13H,(H,22,23)(H,25,30)/b10-6+,21-12-. The molecular weight excluding hydrogens is 402 g/mol. The highest BCUT2D eigenvalue weighted by Gasteiger charge is 2.12. The third-order valence-electron chi connectivity index (χ3n) is 4.22. The van der Waals surface area contributed by atoms with E-state index >= 15 is 0 Å². The fraction of sp³-hybridized carbons (Fsp3) is 0. The number of nitrogens with zero attached hydrogens (tertiary/aromatic N) is 5. The second kappa shape index (κ2) is 8.45. The summed E-state index contributed by atoms with van der Waals surface area (Å²) < 4.78 is 1.75. The van der Waals surface area contributed by atoms with E-state index in [0.29, 0.717) is 21.9 Å². The van der Waals surface area contributed by atoms with Crippen molar-refractivity contribution in [3.8, 4) is 22.8 Å². The van der Waals surface area contributed by atoms with E-state index in [9.17, 15) is 10.1 Å². The van der Waals surface area contributed by atoms with Gasteiger partial charge in [0.2, 0.25) is 10.6 Å². The zero-order valence-corrected chi connectivity index (χ0v) is 16.3. The molecule has 2 heterocycles. The van der Waals surface area contributed by atoms with Crippen LogP contribution < -0.4 is 0 Å². The molecule has 0 bridgehead atoms. The van der Waals surface area contributed by atoms with Crippen LogP contribution in [0.1, 0.15) is 5.56 Å². The molecule has 0 spiro atoms. The SMILES string of the molecule is O=[N+]([O-])c1ccccc1/C=C/C=N\n1c(-c2cc(-c3ccccc3)n[nH]2)n[nH]c1=S. The molecule has 30 heavy (non-hydrogen) atoms. The molecule has 0 aliphatic carbocycles. The largest absolute Gasteiger partial charge is 0.276 e. The summed E-state index contributed by atoms with van der Waals surface area (Å²) >= 11 is 5.25. The summed E-state index contributed by atoms with van der Waals surface area (Å²) in [5, 5.41) is 29.6. The Morgan fingerprint density at radius 1 is 1.07 bits per heavy atom. The van der Waals surface area contributed by atoms with E-state index in [2.05, 4.69) is 25.5 Å².